The van der Waals surface area contributed by atoms with Gasteiger partial charge in [-0.2, -0.15) is 0 Å². The molecule has 9 N–H and O–H groups in total. The number of hydrogen-bond acceptors (Lipinski definition) is 6. The quantitative estimate of drug-likeness (QED) is 0.326. The van der Waals surface area contributed by atoms with Crippen LogP contribution in [-0.2, 0) is 21.6 Å². The van der Waals surface area contributed by atoms with E-state index in [0.29, 0.717) is 0 Å². The Balaban J connectivity index is -0.000000214. The standard InChI is InChI=1S/C6H15N3.C2H5NO2.Co.H3N/c1-2-8-5-6-9-4-3-7-1;3-1-2(4)5;;/h7-9H,1-6H2;1,3H2,(H,4,5);;1H3/q;;+2;. The van der Waals surface area contributed by atoms with E-state index in [4.69, 9.17) is 5.11 Å². The molecule has 1 aliphatic rings. The van der Waals surface area contributed by atoms with Gasteiger partial charge in [-0.25, -0.2) is 0 Å². The first-order chi connectivity index (χ1) is 6.77. The molecule has 16 heavy (non-hydrogen) atoms. The van der Waals surface area contributed by atoms with Crippen LogP contribution in [0.2, 0.25) is 0 Å². The van der Waals surface area contributed by atoms with Gasteiger partial charge < -0.3 is 32.9 Å². The number of hydrogen-bond donors (Lipinski definition) is 6. The Morgan fingerprint density at radius 1 is 1.00 bits per heavy atom. The average molecular weight is 280 g/mol. The predicted octanol–water partition coefficient (Wildman–Crippen LogP) is -2.04. The molecule has 1 rings (SSSR count). The molecule has 0 bridgehead atoms. The van der Waals surface area contributed by atoms with E-state index in [2.05, 4.69) is 21.7 Å². The van der Waals surface area contributed by atoms with Gasteiger partial charge in [0.15, 0.2) is 0 Å². The van der Waals surface area contributed by atoms with Gasteiger partial charge in [0.25, 0.3) is 0 Å². The second kappa shape index (κ2) is 17.2. The summed E-state index contributed by atoms with van der Waals surface area (Å²) < 4.78 is 0. The molecule has 1 saturated heterocycles. The van der Waals surface area contributed by atoms with Crippen LogP contribution in [0.3, 0.4) is 0 Å². The van der Waals surface area contributed by atoms with Crippen molar-refractivity contribution in [2.45, 2.75) is 0 Å². The molecule has 0 saturated carbocycles. The van der Waals surface area contributed by atoms with Gasteiger partial charge in [-0.1, -0.05) is 0 Å². The molecule has 0 aromatic rings. The Bertz CT molecular complexity index is 122. The largest absolute Gasteiger partial charge is 2.00 e. The molecule has 7 nitrogen and oxygen atoms in total. The summed E-state index contributed by atoms with van der Waals surface area (Å²) in [6.07, 6.45) is 0. The number of nitrogens with one attached hydrogen (secondary N) is 3. The Morgan fingerprint density at radius 3 is 1.31 bits per heavy atom. The summed E-state index contributed by atoms with van der Waals surface area (Å²) in [6, 6.07) is 0. The third-order valence-corrected chi connectivity index (χ3v) is 1.61. The maximum absolute atomic E-state index is 9.24. The van der Waals surface area contributed by atoms with Crippen LogP contribution in [0.1, 0.15) is 0 Å². The van der Waals surface area contributed by atoms with Gasteiger partial charge in [0.2, 0.25) is 0 Å². The SMILES string of the molecule is C1CNCCNCCN1.N.NCC(=O)O.[Co+2]. The van der Waals surface area contributed by atoms with Crippen molar-refractivity contribution < 1.29 is 26.7 Å². The Morgan fingerprint density at radius 2 is 1.19 bits per heavy atom. The molecule has 99 valence electrons. The topological polar surface area (TPSA) is 134 Å². The number of aliphatic carboxylic acids is 1. The second-order valence-electron chi connectivity index (χ2n) is 2.85. The number of carbonyl (C=O) groups is 1. The first-order valence-electron chi connectivity index (χ1n) is 4.81. The third-order valence-electron chi connectivity index (χ3n) is 1.61. The van der Waals surface area contributed by atoms with E-state index in [0.717, 1.165) is 39.3 Å². The van der Waals surface area contributed by atoms with Crippen LogP contribution >= 0.6 is 0 Å². The van der Waals surface area contributed by atoms with Crippen LogP contribution in [0.25, 0.3) is 0 Å². The van der Waals surface area contributed by atoms with E-state index in [9.17, 15) is 4.79 Å². The molecule has 0 aromatic heterocycles. The Labute approximate surface area is 107 Å². The van der Waals surface area contributed by atoms with Gasteiger partial charge in [-0.15, -0.1) is 0 Å². The Kier molecular flexibility index (Phi) is 22.7. The molecular formula is C8H23CoN5O2+2. The van der Waals surface area contributed by atoms with Crippen LogP contribution < -0.4 is 27.8 Å². The number of carboxylic acids is 1. The smallest absolute Gasteiger partial charge is 0.480 e. The second-order valence-corrected chi connectivity index (χ2v) is 2.85. The zero-order valence-electron chi connectivity index (χ0n) is 9.42. The van der Waals surface area contributed by atoms with Crippen molar-refractivity contribution >= 4 is 5.97 Å². The van der Waals surface area contributed by atoms with Crippen molar-refractivity contribution in [2.24, 2.45) is 5.73 Å². The molecule has 0 spiro atoms. The van der Waals surface area contributed by atoms with E-state index >= 15 is 0 Å². The summed E-state index contributed by atoms with van der Waals surface area (Å²) in [4.78, 5) is 9.24. The maximum Gasteiger partial charge on any atom is 2.00 e. The van der Waals surface area contributed by atoms with Crippen molar-refractivity contribution in [1.82, 2.24) is 22.1 Å². The minimum Gasteiger partial charge on any atom is -0.480 e. The van der Waals surface area contributed by atoms with Crippen molar-refractivity contribution in [2.75, 3.05) is 45.8 Å². The fraction of sp³-hybridized carbons (Fsp3) is 0.875. The minimum absolute atomic E-state index is 0. The molecule has 8 heteroatoms. The molecule has 1 aliphatic heterocycles. The van der Waals surface area contributed by atoms with Gasteiger partial charge in [0.1, 0.15) is 0 Å². The fourth-order valence-corrected chi connectivity index (χ4v) is 0.905. The van der Waals surface area contributed by atoms with Gasteiger partial charge in [0, 0.05) is 39.3 Å². The van der Waals surface area contributed by atoms with E-state index < -0.39 is 5.97 Å². The van der Waals surface area contributed by atoms with Crippen molar-refractivity contribution in [1.29, 1.82) is 0 Å². The molecule has 0 amide bonds. The zero-order valence-corrected chi connectivity index (χ0v) is 10.5. The monoisotopic (exact) mass is 280 g/mol. The van der Waals surface area contributed by atoms with Crippen molar-refractivity contribution in [3.05, 3.63) is 0 Å². The summed E-state index contributed by atoms with van der Waals surface area (Å²) >= 11 is 0. The molecule has 0 aliphatic carbocycles. The predicted molar refractivity (Wildman–Crippen MR) is 60.3 cm³/mol. The third kappa shape index (κ3) is 19.4. The van der Waals surface area contributed by atoms with Crippen LogP contribution in [-0.4, -0.2) is 56.9 Å². The molecule has 0 atom stereocenters. The average Bonchev–Trinajstić information content (AvgIpc) is 2.33. The van der Waals surface area contributed by atoms with E-state index in [1.165, 1.54) is 0 Å². The molecule has 1 fully saturated rings. The minimum atomic E-state index is -0.968. The first-order valence-corrected chi connectivity index (χ1v) is 4.81. The number of nitrogens with two attached hydrogens (primary N) is 1. The van der Waals surface area contributed by atoms with E-state index in [-0.39, 0.29) is 29.5 Å². The fourth-order valence-electron chi connectivity index (χ4n) is 0.905. The van der Waals surface area contributed by atoms with Crippen LogP contribution in [0.5, 0.6) is 0 Å². The summed E-state index contributed by atoms with van der Waals surface area (Å²) in [6.45, 7) is 6.32. The summed E-state index contributed by atoms with van der Waals surface area (Å²) in [5, 5.41) is 17.5. The zero-order chi connectivity index (χ0) is 10.6. The molecule has 0 unspecified atom stereocenters. The molecule has 1 heterocycles. The summed E-state index contributed by atoms with van der Waals surface area (Å²) in [7, 11) is 0. The van der Waals surface area contributed by atoms with Crippen molar-refractivity contribution in [3.63, 3.8) is 0 Å². The number of rotatable bonds is 1. The van der Waals surface area contributed by atoms with Gasteiger partial charge in [-0.05, 0) is 0 Å². The summed E-state index contributed by atoms with van der Waals surface area (Å²) in [5.74, 6) is -0.968. The van der Waals surface area contributed by atoms with Crippen LogP contribution in [0.15, 0.2) is 0 Å². The maximum atomic E-state index is 9.24. The first kappa shape index (κ1) is 21.1. The van der Waals surface area contributed by atoms with E-state index in [1.54, 1.807) is 0 Å². The molecule has 0 aromatic carbocycles. The molecule has 1 radical (unpaired) electrons. The van der Waals surface area contributed by atoms with Crippen LogP contribution in [0.4, 0.5) is 0 Å². The van der Waals surface area contributed by atoms with Gasteiger partial charge in [-0.3, -0.25) is 4.79 Å². The van der Waals surface area contributed by atoms with E-state index in [1.807, 2.05) is 0 Å². The summed E-state index contributed by atoms with van der Waals surface area (Å²) in [5.41, 5.74) is 4.57. The van der Waals surface area contributed by atoms with Gasteiger partial charge in [0.05, 0.1) is 6.54 Å². The van der Waals surface area contributed by atoms with Crippen molar-refractivity contribution in [3.8, 4) is 0 Å². The Hall–Kier alpha value is -0.224. The number of carboxylic acid groups (broad SMARTS) is 1. The molecular weight excluding hydrogens is 257 g/mol. The van der Waals surface area contributed by atoms with Gasteiger partial charge >= 0.3 is 22.7 Å². The normalized spacial score (nSPS) is 15.8. The van der Waals surface area contributed by atoms with Crippen LogP contribution in [0, 0.1) is 0 Å².